The van der Waals surface area contributed by atoms with Crippen molar-refractivity contribution >= 4 is 5.91 Å². The molecule has 15 heavy (non-hydrogen) atoms. The molecule has 0 aliphatic rings. The standard InChI is InChI=1S/C11H25N3O/c1-6-8(2)13-11(15)10(4)14(5)9(3)7-12/h8-10H,6-7,12H2,1-5H3,(H,13,15). The lowest BCUT2D eigenvalue weighted by Gasteiger charge is -2.29. The van der Waals surface area contributed by atoms with Gasteiger partial charge in [-0.15, -0.1) is 0 Å². The van der Waals surface area contributed by atoms with E-state index < -0.39 is 0 Å². The lowest BCUT2D eigenvalue weighted by atomic mass is 10.2. The number of nitrogens with two attached hydrogens (primary N) is 1. The number of likely N-dealkylation sites (N-methyl/N-ethyl adjacent to an activating group) is 1. The first-order valence-corrected chi connectivity index (χ1v) is 5.66. The number of rotatable bonds is 6. The first-order chi connectivity index (χ1) is 6.93. The lowest BCUT2D eigenvalue weighted by molar-refractivity contribution is -0.126. The van der Waals surface area contributed by atoms with E-state index in [-0.39, 0.29) is 24.0 Å². The van der Waals surface area contributed by atoms with E-state index >= 15 is 0 Å². The highest BCUT2D eigenvalue weighted by atomic mass is 16.2. The van der Waals surface area contributed by atoms with Crippen LogP contribution < -0.4 is 11.1 Å². The third-order valence-electron chi connectivity index (χ3n) is 3.03. The molecule has 90 valence electrons. The summed E-state index contributed by atoms with van der Waals surface area (Å²) in [6.45, 7) is 8.56. The van der Waals surface area contributed by atoms with Gasteiger partial charge >= 0.3 is 0 Å². The van der Waals surface area contributed by atoms with Crippen LogP contribution in [0, 0.1) is 0 Å². The van der Waals surface area contributed by atoms with Gasteiger partial charge in [0.15, 0.2) is 0 Å². The van der Waals surface area contributed by atoms with Crippen LogP contribution in [0.25, 0.3) is 0 Å². The van der Waals surface area contributed by atoms with Gasteiger partial charge < -0.3 is 11.1 Å². The molecule has 4 nitrogen and oxygen atoms in total. The van der Waals surface area contributed by atoms with E-state index in [1.165, 1.54) is 0 Å². The van der Waals surface area contributed by atoms with Crippen molar-refractivity contribution in [3.05, 3.63) is 0 Å². The number of carbonyl (C=O) groups is 1. The molecule has 0 saturated heterocycles. The van der Waals surface area contributed by atoms with Gasteiger partial charge in [0.25, 0.3) is 0 Å². The lowest BCUT2D eigenvalue weighted by Crippen LogP contribution is -2.50. The van der Waals surface area contributed by atoms with Crippen LogP contribution in [-0.2, 0) is 4.79 Å². The molecule has 0 aromatic carbocycles. The van der Waals surface area contributed by atoms with Gasteiger partial charge in [-0.1, -0.05) is 6.92 Å². The van der Waals surface area contributed by atoms with E-state index in [2.05, 4.69) is 12.2 Å². The summed E-state index contributed by atoms with van der Waals surface area (Å²) in [6, 6.07) is 0.335. The van der Waals surface area contributed by atoms with Gasteiger partial charge in [0.05, 0.1) is 6.04 Å². The molecule has 0 aromatic heterocycles. The van der Waals surface area contributed by atoms with Crippen molar-refractivity contribution < 1.29 is 4.79 Å². The monoisotopic (exact) mass is 215 g/mol. The Labute approximate surface area is 93.2 Å². The first-order valence-electron chi connectivity index (χ1n) is 5.66. The van der Waals surface area contributed by atoms with Crippen LogP contribution in [0.4, 0.5) is 0 Å². The SMILES string of the molecule is CCC(C)NC(=O)C(C)N(C)C(C)CN. The molecule has 4 heteroatoms. The Bertz CT molecular complexity index is 196. The molecule has 0 rings (SSSR count). The summed E-state index contributed by atoms with van der Waals surface area (Å²) in [4.78, 5) is 13.8. The Kier molecular flexibility index (Phi) is 6.52. The molecule has 0 bridgehead atoms. The van der Waals surface area contributed by atoms with Crippen molar-refractivity contribution in [3.63, 3.8) is 0 Å². The van der Waals surface area contributed by atoms with E-state index in [1.807, 2.05) is 32.7 Å². The Morgan fingerprint density at radius 1 is 1.40 bits per heavy atom. The fourth-order valence-electron chi connectivity index (χ4n) is 1.20. The van der Waals surface area contributed by atoms with E-state index in [0.29, 0.717) is 6.54 Å². The van der Waals surface area contributed by atoms with Crippen LogP contribution in [0.3, 0.4) is 0 Å². The number of hydrogen-bond acceptors (Lipinski definition) is 3. The van der Waals surface area contributed by atoms with Crippen LogP contribution in [-0.4, -0.2) is 42.5 Å². The quantitative estimate of drug-likeness (QED) is 0.681. The predicted molar refractivity (Wildman–Crippen MR) is 63.6 cm³/mol. The molecular weight excluding hydrogens is 190 g/mol. The third-order valence-corrected chi connectivity index (χ3v) is 3.03. The van der Waals surface area contributed by atoms with Crippen molar-refractivity contribution in [1.29, 1.82) is 0 Å². The summed E-state index contributed by atoms with van der Waals surface area (Å²) < 4.78 is 0. The molecule has 0 aliphatic carbocycles. The Hall–Kier alpha value is -0.610. The van der Waals surface area contributed by atoms with Gasteiger partial charge in [0.2, 0.25) is 5.91 Å². The molecule has 3 unspecified atom stereocenters. The summed E-state index contributed by atoms with van der Waals surface area (Å²) in [6.07, 6.45) is 0.953. The highest BCUT2D eigenvalue weighted by Gasteiger charge is 2.21. The molecule has 0 spiro atoms. The first kappa shape index (κ1) is 14.4. The number of hydrogen-bond donors (Lipinski definition) is 2. The van der Waals surface area contributed by atoms with E-state index in [4.69, 9.17) is 5.73 Å². The fraction of sp³-hybridized carbons (Fsp3) is 0.909. The van der Waals surface area contributed by atoms with Crippen molar-refractivity contribution in [3.8, 4) is 0 Å². The number of nitrogens with zero attached hydrogens (tertiary/aromatic N) is 1. The van der Waals surface area contributed by atoms with Gasteiger partial charge in [-0.25, -0.2) is 0 Å². The number of nitrogens with one attached hydrogen (secondary N) is 1. The maximum absolute atomic E-state index is 11.8. The second-order valence-electron chi connectivity index (χ2n) is 4.24. The average Bonchev–Trinajstić information content (AvgIpc) is 2.25. The van der Waals surface area contributed by atoms with E-state index in [0.717, 1.165) is 6.42 Å². The zero-order chi connectivity index (χ0) is 12.0. The van der Waals surface area contributed by atoms with Crippen LogP contribution in [0.15, 0.2) is 0 Å². The largest absolute Gasteiger partial charge is 0.352 e. The third kappa shape index (κ3) is 4.62. The fourth-order valence-corrected chi connectivity index (χ4v) is 1.20. The maximum atomic E-state index is 11.8. The molecule has 3 N–H and O–H groups in total. The summed E-state index contributed by atoms with van der Waals surface area (Å²) in [5, 5.41) is 2.97. The molecule has 1 amide bonds. The Morgan fingerprint density at radius 3 is 2.33 bits per heavy atom. The van der Waals surface area contributed by atoms with Gasteiger partial charge in [-0.05, 0) is 34.2 Å². The molecule has 3 atom stereocenters. The molecule has 0 radical (unpaired) electrons. The van der Waals surface area contributed by atoms with Crippen LogP contribution in [0.2, 0.25) is 0 Å². The summed E-state index contributed by atoms with van der Waals surface area (Å²) in [5.74, 6) is 0.0761. The number of carbonyl (C=O) groups excluding carboxylic acids is 1. The van der Waals surface area contributed by atoms with E-state index in [1.54, 1.807) is 0 Å². The summed E-state index contributed by atoms with van der Waals surface area (Å²) in [7, 11) is 1.93. The van der Waals surface area contributed by atoms with Gasteiger partial charge in [0.1, 0.15) is 0 Å². The molecule has 0 heterocycles. The molecule has 0 aliphatic heterocycles. The topological polar surface area (TPSA) is 58.4 Å². The minimum atomic E-state index is -0.127. The van der Waals surface area contributed by atoms with Crippen LogP contribution in [0.5, 0.6) is 0 Å². The highest BCUT2D eigenvalue weighted by Crippen LogP contribution is 2.02. The highest BCUT2D eigenvalue weighted by molar-refractivity contribution is 5.81. The van der Waals surface area contributed by atoms with Crippen LogP contribution in [0.1, 0.15) is 34.1 Å². The van der Waals surface area contributed by atoms with E-state index in [9.17, 15) is 4.79 Å². The van der Waals surface area contributed by atoms with Crippen molar-refractivity contribution in [2.24, 2.45) is 5.73 Å². The zero-order valence-electron chi connectivity index (χ0n) is 10.6. The second kappa shape index (κ2) is 6.80. The molecule has 0 fully saturated rings. The zero-order valence-corrected chi connectivity index (χ0v) is 10.6. The second-order valence-corrected chi connectivity index (χ2v) is 4.24. The van der Waals surface area contributed by atoms with Crippen LogP contribution >= 0.6 is 0 Å². The van der Waals surface area contributed by atoms with Gasteiger partial charge in [-0.3, -0.25) is 9.69 Å². The predicted octanol–water partition coefficient (Wildman–Crippen LogP) is 0.569. The van der Waals surface area contributed by atoms with Crippen molar-refractivity contribution in [1.82, 2.24) is 10.2 Å². The molecule has 0 saturated carbocycles. The van der Waals surface area contributed by atoms with Gasteiger partial charge in [0, 0.05) is 18.6 Å². The Morgan fingerprint density at radius 2 is 1.93 bits per heavy atom. The van der Waals surface area contributed by atoms with Crippen molar-refractivity contribution in [2.75, 3.05) is 13.6 Å². The summed E-state index contributed by atoms with van der Waals surface area (Å²) >= 11 is 0. The molecular formula is C11H25N3O. The minimum absolute atomic E-state index is 0.0761. The van der Waals surface area contributed by atoms with Gasteiger partial charge in [-0.2, -0.15) is 0 Å². The summed E-state index contributed by atoms with van der Waals surface area (Å²) in [5.41, 5.74) is 5.56. The Balaban J connectivity index is 4.19. The average molecular weight is 215 g/mol. The maximum Gasteiger partial charge on any atom is 0.237 e. The van der Waals surface area contributed by atoms with Crippen molar-refractivity contribution in [2.45, 2.75) is 52.2 Å². The minimum Gasteiger partial charge on any atom is -0.352 e. The number of amides is 1. The smallest absolute Gasteiger partial charge is 0.237 e. The molecule has 0 aromatic rings. The normalized spacial score (nSPS) is 17.3.